The van der Waals surface area contributed by atoms with E-state index in [2.05, 4.69) is 18.5 Å². The lowest BCUT2D eigenvalue weighted by molar-refractivity contribution is -0.144. The zero-order chi connectivity index (χ0) is 21.1. The molecule has 2 saturated carbocycles. The molecule has 0 N–H and O–H groups in total. The van der Waals surface area contributed by atoms with Crippen LogP contribution in [0.25, 0.3) is 17.2 Å². The van der Waals surface area contributed by atoms with Gasteiger partial charge in [-0.25, -0.2) is 4.39 Å². The number of hydrogen-bond acceptors (Lipinski definition) is 3. The van der Waals surface area contributed by atoms with E-state index in [1.807, 2.05) is 18.2 Å². The Morgan fingerprint density at radius 3 is 2.53 bits per heavy atom. The van der Waals surface area contributed by atoms with Crippen LogP contribution in [0, 0.1) is 29.5 Å². The molecule has 5 atom stereocenters. The normalized spacial score (nSPS) is 29.7. The number of aromatic nitrogens is 1. The van der Waals surface area contributed by atoms with E-state index in [1.54, 1.807) is 18.3 Å². The number of rotatable bonds is 2. The number of fused-ring (bicyclic) bond motifs is 2. The number of ether oxygens (including phenoxy) is 1. The first-order chi connectivity index (χ1) is 14.5. The molecule has 1 saturated heterocycles. The van der Waals surface area contributed by atoms with Crippen molar-refractivity contribution in [2.24, 2.45) is 23.7 Å². The lowest BCUT2D eigenvalue weighted by Crippen LogP contribution is -2.35. The highest BCUT2D eigenvalue weighted by atomic mass is 19.1. The summed E-state index contributed by atoms with van der Waals surface area (Å²) in [5, 5.41) is 0. The SMILES string of the molecule is C=Cc1ccc(-c2cccc(F)c2)cn1.CC1OC(=O)C2CC3CCCC[C@H]3CC12. The monoisotopic (exact) mass is 407 g/mol. The number of carbonyl (C=O) groups is 1. The van der Waals surface area contributed by atoms with E-state index in [9.17, 15) is 9.18 Å². The fraction of sp³-hybridized carbons (Fsp3) is 0.462. The second-order valence-corrected chi connectivity index (χ2v) is 8.87. The largest absolute Gasteiger partial charge is 0.462 e. The van der Waals surface area contributed by atoms with Crippen LogP contribution in [0.15, 0.2) is 49.2 Å². The van der Waals surface area contributed by atoms with Crippen LogP contribution >= 0.6 is 0 Å². The summed E-state index contributed by atoms with van der Waals surface area (Å²) in [4.78, 5) is 15.8. The molecule has 3 nitrogen and oxygen atoms in total. The van der Waals surface area contributed by atoms with Gasteiger partial charge in [-0.1, -0.05) is 50.5 Å². The second-order valence-electron chi connectivity index (χ2n) is 8.87. The minimum absolute atomic E-state index is 0.0940. The number of nitrogens with zero attached hydrogens (tertiary/aromatic N) is 1. The number of hydrogen-bond donors (Lipinski definition) is 0. The summed E-state index contributed by atoms with van der Waals surface area (Å²) in [6.45, 7) is 5.70. The summed E-state index contributed by atoms with van der Waals surface area (Å²) in [5.41, 5.74) is 2.55. The quantitative estimate of drug-likeness (QED) is 0.549. The Hall–Kier alpha value is -2.49. The van der Waals surface area contributed by atoms with Gasteiger partial charge in [-0.2, -0.15) is 0 Å². The molecule has 0 amide bonds. The zero-order valence-electron chi connectivity index (χ0n) is 17.6. The van der Waals surface area contributed by atoms with Gasteiger partial charge in [0.2, 0.25) is 0 Å². The van der Waals surface area contributed by atoms with Gasteiger partial charge in [0.1, 0.15) is 11.9 Å². The van der Waals surface area contributed by atoms with Crippen molar-refractivity contribution in [3.05, 3.63) is 60.7 Å². The van der Waals surface area contributed by atoms with Crippen LogP contribution in [0.3, 0.4) is 0 Å². The molecule has 0 bridgehead atoms. The van der Waals surface area contributed by atoms with Crippen molar-refractivity contribution in [2.75, 3.05) is 0 Å². The van der Waals surface area contributed by atoms with Gasteiger partial charge in [0.05, 0.1) is 11.6 Å². The first-order valence-corrected chi connectivity index (χ1v) is 11.1. The standard InChI is InChI=1S/C13H10FN.C13H20O2/c1-2-13-7-6-11(9-15-13)10-4-3-5-12(14)8-10;1-8-11-6-9-4-2-3-5-10(9)7-12(11)13(14)15-8/h2-9H,1H2;8-12H,2-7H2,1H3/t;8?,9-,10?,11?,12?/m.0/s1. The molecule has 3 aliphatic rings. The van der Waals surface area contributed by atoms with Crippen LogP contribution in [-0.2, 0) is 9.53 Å². The Morgan fingerprint density at radius 1 is 1.10 bits per heavy atom. The minimum Gasteiger partial charge on any atom is -0.462 e. The van der Waals surface area contributed by atoms with Crippen LogP contribution in [0.1, 0.15) is 51.1 Å². The number of carbonyl (C=O) groups excluding carboxylic acids is 1. The third-order valence-corrected chi connectivity index (χ3v) is 7.08. The van der Waals surface area contributed by atoms with E-state index < -0.39 is 0 Å². The van der Waals surface area contributed by atoms with Crippen LogP contribution in [0.2, 0.25) is 0 Å². The van der Waals surface area contributed by atoms with Crippen molar-refractivity contribution >= 4 is 12.0 Å². The molecule has 5 rings (SSSR count). The van der Waals surface area contributed by atoms with E-state index in [0.29, 0.717) is 5.92 Å². The number of halogens is 1. The van der Waals surface area contributed by atoms with Crippen molar-refractivity contribution in [2.45, 2.75) is 51.6 Å². The van der Waals surface area contributed by atoms with E-state index in [1.165, 1.54) is 44.2 Å². The highest BCUT2D eigenvalue weighted by molar-refractivity contribution is 5.75. The Bertz CT molecular complexity index is 894. The molecule has 4 unspecified atom stereocenters. The molecule has 1 aromatic heterocycles. The predicted molar refractivity (Wildman–Crippen MR) is 117 cm³/mol. The van der Waals surface area contributed by atoms with Crippen LogP contribution in [-0.4, -0.2) is 17.1 Å². The third kappa shape index (κ3) is 4.48. The van der Waals surface area contributed by atoms with Crippen molar-refractivity contribution in [1.29, 1.82) is 0 Å². The maximum atomic E-state index is 13.0. The van der Waals surface area contributed by atoms with Gasteiger partial charge >= 0.3 is 5.97 Å². The summed E-state index contributed by atoms with van der Waals surface area (Å²) in [6, 6.07) is 10.2. The van der Waals surface area contributed by atoms with Gasteiger partial charge in [-0.05, 0) is 61.4 Å². The fourth-order valence-corrected chi connectivity index (χ4v) is 5.43. The molecule has 2 aliphatic carbocycles. The Balaban J connectivity index is 0.000000145. The predicted octanol–water partition coefficient (Wildman–Crippen LogP) is 6.30. The van der Waals surface area contributed by atoms with E-state index in [4.69, 9.17) is 4.74 Å². The molecule has 30 heavy (non-hydrogen) atoms. The number of benzene rings is 1. The number of pyridine rings is 1. The average Bonchev–Trinajstić information content (AvgIpc) is 3.05. The van der Waals surface area contributed by atoms with Crippen molar-refractivity contribution < 1.29 is 13.9 Å². The highest BCUT2D eigenvalue weighted by Crippen LogP contribution is 2.49. The van der Waals surface area contributed by atoms with Crippen molar-refractivity contribution in [3.63, 3.8) is 0 Å². The van der Waals surface area contributed by atoms with Crippen LogP contribution in [0.4, 0.5) is 4.39 Å². The van der Waals surface area contributed by atoms with Gasteiger partial charge in [0, 0.05) is 17.7 Å². The van der Waals surface area contributed by atoms with Gasteiger partial charge in [0.15, 0.2) is 0 Å². The molecule has 0 radical (unpaired) electrons. The lowest BCUT2D eigenvalue weighted by Gasteiger charge is -2.40. The zero-order valence-corrected chi connectivity index (χ0v) is 17.6. The molecule has 1 aliphatic heterocycles. The number of cyclic esters (lactones) is 1. The molecule has 0 spiro atoms. The molecule has 158 valence electrons. The smallest absolute Gasteiger partial charge is 0.309 e. The molecular formula is C26H30FNO2. The Labute approximate surface area is 178 Å². The summed E-state index contributed by atoms with van der Waals surface area (Å²) in [7, 11) is 0. The fourth-order valence-electron chi connectivity index (χ4n) is 5.43. The van der Waals surface area contributed by atoms with Crippen LogP contribution < -0.4 is 0 Å². The average molecular weight is 408 g/mol. The number of esters is 1. The topological polar surface area (TPSA) is 39.2 Å². The first kappa shape index (κ1) is 20.8. The van der Waals surface area contributed by atoms with E-state index in [-0.39, 0.29) is 23.8 Å². The minimum atomic E-state index is -0.236. The third-order valence-electron chi connectivity index (χ3n) is 7.08. The maximum Gasteiger partial charge on any atom is 0.309 e. The Kier molecular flexibility index (Phi) is 6.31. The molecule has 2 aromatic rings. The van der Waals surface area contributed by atoms with Crippen LogP contribution in [0.5, 0.6) is 0 Å². The molecular weight excluding hydrogens is 377 g/mol. The van der Waals surface area contributed by atoms with E-state index >= 15 is 0 Å². The van der Waals surface area contributed by atoms with Gasteiger partial charge < -0.3 is 4.74 Å². The summed E-state index contributed by atoms with van der Waals surface area (Å²) < 4.78 is 18.3. The molecule has 4 heteroatoms. The van der Waals surface area contributed by atoms with Gasteiger partial charge in [-0.15, -0.1) is 0 Å². The summed E-state index contributed by atoms with van der Waals surface area (Å²) in [5.74, 6) is 2.38. The lowest BCUT2D eigenvalue weighted by atomic mass is 9.63. The van der Waals surface area contributed by atoms with Gasteiger partial charge in [0.25, 0.3) is 0 Å². The Morgan fingerprint density at radius 2 is 1.87 bits per heavy atom. The van der Waals surface area contributed by atoms with Crippen molar-refractivity contribution in [1.82, 2.24) is 4.98 Å². The second kappa shape index (κ2) is 9.11. The summed E-state index contributed by atoms with van der Waals surface area (Å²) in [6.07, 6.45) is 11.5. The molecule has 1 aromatic carbocycles. The summed E-state index contributed by atoms with van der Waals surface area (Å²) >= 11 is 0. The highest BCUT2D eigenvalue weighted by Gasteiger charge is 2.49. The molecule has 3 fully saturated rings. The van der Waals surface area contributed by atoms with E-state index in [0.717, 1.165) is 35.1 Å². The first-order valence-electron chi connectivity index (χ1n) is 11.1. The maximum absolute atomic E-state index is 13.0. The van der Waals surface area contributed by atoms with Gasteiger partial charge in [-0.3, -0.25) is 9.78 Å². The van der Waals surface area contributed by atoms with Crippen molar-refractivity contribution in [3.8, 4) is 11.1 Å². The molecule has 2 heterocycles.